The topological polar surface area (TPSA) is 66.5 Å². The maximum Gasteiger partial charge on any atom is 0.243 e. The maximum absolute atomic E-state index is 13.2. The zero-order chi connectivity index (χ0) is 19.9. The fourth-order valence-electron chi connectivity index (χ4n) is 2.75. The first-order valence-corrected chi connectivity index (χ1v) is 10.4. The number of rotatable bonds is 9. The number of hydrogen-bond acceptors (Lipinski definition) is 3. The standard InChI is InChI=1S/C20H25FN2O3S/c1-3-7-16(2)22-20(24)15-23(14-17-8-5-4-6-9-17)27(25,26)19-12-10-18(21)11-13-19/h4-6,8-13,16H,3,7,14-15H2,1-2H3,(H,22,24). The monoisotopic (exact) mass is 392 g/mol. The van der Waals surface area contributed by atoms with Crippen LogP contribution < -0.4 is 5.32 Å². The number of nitrogens with one attached hydrogen (secondary N) is 1. The average Bonchev–Trinajstić information content (AvgIpc) is 2.62. The molecule has 0 bridgehead atoms. The number of nitrogens with zero attached hydrogens (tertiary/aromatic N) is 1. The molecule has 0 saturated heterocycles. The lowest BCUT2D eigenvalue weighted by Gasteiger charge is -2.23. The fourth-order valence-corrected chi connectivity index (χ4v) is 4.14. The summed E-state index contributed by atoms with van der Waals surface area (Å²) in [5, 5.41) is 2.82. The van der Waals surface area contributed by atoms with E-state index in [1.54, 1.807) is 24.3 Å². The van der Waals surface area contributed by atoms with Gasteiger partial charge in [-0.25, -0.2) is 12.8 Å². The van der Waals surface area contributed by atoms with Crippen LogP contribution >= 0.6 is 0 Å². The lowest BCUT2D eigenvalue weighted by atomic mass is 10.2. The van der Waals surface area contributed by atoms with Crippen LogP contribution in [0, 0.1) is 5.82 Å². The minimum atomic E-state index is -3.95. The Hall–Kier alpha value is -2.25. The molecule has 0 aromatic heterocycles. The molecule has 0 heterocycles. The zero-order valence-corrected chi connectivity index (χ0v) is 16.4. The molecule has 0 saturated carbocycles. The van der Waals surface area contributed by atoms with Crippen molar-refractivity contribution in [3.05, 3.63) is 66.0 Å². The molecule has 2 rings (SSSR count). The molecule has 0 aliphatic carbocycles. The molecule has 2 aromatic rings. The predicted molar refractivity (Wildman–Crippen MR) is 103 cm³/mol. The molecule has 0 aliphatic rings. The van der Waals surface area contributed by atoms with E-state index in [0.29, 0.717) is 0 Å². The molecule has 1 atom stereocenters. The fraction of sp³-hybridized carbons (Fsp3) is 0.350. The first-order valence-electron chi connectivity index (χ1n) is 8.92. The summed E-state index contributed by atoms with van der Waals surface area (Å²) in [4.78, 5) is 12.3. The van der Waals surface area contributed by atoms with Crippen LogP contribution in [0.1, 0.15) is 32.3 Å². The number of benzene rings is 2. The molecule has 27 heavy (non-hydrogen) atoms. The third-order valence-electron chi connectivity index (χ3n) is 4.10. The summed E-state index contributed by atoms with van der Waals surface area (Å²) in [5.74, 6) is -0.882. The van der Waals surface area contributed by atoms with E-state index in [9.17, 15) is 17.6 Å². The van der Waals surface area contributed by atoms with Crippen LogP contribution in [0.3, 0.4) is 0 Å². The second-order valence-electron chi connectivity index (χ2n) is 6.47. The smallest absolute Gasteiger partial charge is 0.243 e. The predicted octanol–water partition coefficient (Wildman–Crippen LogP) is 3.32. The largest absolute Gasteiger partial charge is 0.353 e. The van der Waals surface area contributed by atoms with Gasteiger partial charge < -0.3 is 5.32 Å². The van der Waals surface area contributed by atoms with Crippen LogP contribution in [-0.4, -0.2) is 31.2 Å². The van der Waals surface area contributed by atoms with Gasteiger partial charge in [-0.3, -0.25) is 4.79 Å². The SMILES string of the molecule is CCCC(C)NC(=O)CN(Cc1ccccc1)S(=O)(=O)c1ccc(F)cc1. The van der Waals surface area contributed by atoms with Gasteiger partial charge in [0.15, 0.2) is 0 Å². The highest BCUT2D eigenvalue weighted by Gasteiger charge is 2.27. The first kappa shape index (κ1) is 21.1. The van der Waals surface area contributed by atoms with Gasteiger partial charge in [0.2, 0.25) is 15.9 Å². The summed E-state index contributed by atoms with van der Waals surface area (Å²) in [6.07, 6.45) is 1.73. The first-order chi connectivity index (χ1) is 12.8. The van der Waals surface area contributed by atoms with Crippen molar-refractivity contribution in [2.45, 2.75) is 44.2 Å². The zero-order valence-electron chi connectivity index (χ0n) is 15.6. The van der Waals surface area contributed by atoms with Gasteiger partial charge in [0, 0.05) is 12.6 Å². The van der Waals surface area contributed by atoms with E-state index < -0.39 is 15.8 Å². The van der Waals surface area contributed by atoms with Gasteiger partial charge in [-0.15, -0.1) is 0 Å². The number of carbonyl (C=O) groups is 1. The van der Waals surface area contributed by atoms with E-state index in [1.807, 2.05) is 19.9 Å². The van der Waals surface area contributed by atoms with Crippen LogP contribution in [0.2, 0.25) is 0 Å². The van der Waals surface area contributed by atoms with Gasteiger partial charge in [-0.1, -0.05) is 43.7 Å². The molecule has 2 aromatic carbocycles. The van der Waals surface area contributed by atoms with Gasteiger partial charge in [0.1, 0.15) is 5.82 Å². The Balaban J connectivity index is 2.26. The highest BCUT2D eigenvalue weighted by molar-refractivity contribution is 7.89. The molecule has 7 heteroatoms. The van der Waals surface area contributed by atoms with Crippen LogP contribution in [0.15, 0.2) is 59.5 Å². The molecule has 146 valence electrons. The molecular weight excluding hydrogens is 367 g/mol. The van der Waals surface area contributed by atoms with Crippen molar-refractivity contribution in [2.24, 2.45) is 0 Å². The highest BCUT2D eigenvalue weighted by atomic mass is 32.2. The highest BCUT2D eigenvalue weighted by Crippen LogP contribution is 2.19. The Morgan fingerprint density at radius 2 is 1.74 bits per heavy atom. The van der Waals surface area contributed by atoms with Gasteiger partial charge in [0.25, 0.3) is 0 Å². The summed E-state index contributed by atoms with van der Waals surface area (Å²) >= 11 is 0. The Morgan fingerprint density at radius 3 is 2.33 bits per heavy atom. The van der Waals surface area contributed by atoms with Crippen molar-refractivity contribution >= 4 is 15.9 Å². The maximum atomic E-state index is 13.2. The molecule has 0 spiro atoms. The van der Waals surface area contributed by atoms with Crippen LogP contribution in [0.5, 0.6) is 0 Å². The number of amides is 1. The van der Waals surface area contributed by atoms with E-state index in [-0.39, 0.29) is 29.9 Å². The summed E-state index contributed by atoms with van der Waals surface area (Å²) in [7, 11) is -3.95. The minimum absolute atomic E-state index is 0.0328. The van der Waals surface area contributed by atoms with Crippen molar-refractivity contribution in [1.82, 2.24) is 9.62 Å². The quantitative estimate of drug-likeness (QED) is 0.712. The Labute approximate surface area is 160 Å². The van der Waals surface area contributed by atoms with Gasteiger partial charge in [0.05, 0.1) is 11.4 Å². The Bertz CT molecular complexity index is 839. The van der Waals surface area contributed by atoms with Gasteiger partial charge in [-0.2, -0.15) is 4.31 Å². The Kier molecular flexibility index (Phi) is 7.50. The van der Waals surface area contributed by atoms with Crippen molar-refractivity contribution in [2.75, 3.05) is 6.54 Å². The molecule has 0 fully saturated rings. The normalized spacial score (nSPS) is 12.7. The molecule has 1 amide bonds. The van der Waals surface area contributed by atoms with E-state index >= 15 is 0 Å². The lowest BCUT2D eigenvalue weighted by Crippen LogP contribution is -2.43. The second kappa shape index (κ2) is 9.62. The van der Waals surface area contributed by atoms with E-state index in [2.05, 4.69) is 5.32 Å². The van der Waals surface area contributed by atoms with Crippen molar-refractivity contribution in [1.29, 1.82) is 0 Å². The van der Waals surface area contributed by atoms with E-state index in [4.69, 9.17) is 0 Å². The average molecular weight is 392 g/mol. The van der Waals surface area contributed by atoms with Crippen molar-refractivity contribution in [3.8, 4) is 0 Å². The van der Waals surface area contributed by atoms with E-state index in [1.165, 1.54) is 12.1 Å². The molecule has 0 aliphatic heterocycles. The van der Waals surface area contributed by atoms with Crippen LogP contribution in [-0.2, 0) is 21.4 Å². The summed E-state index contributed by atoms with van der Waals surface area (Å²) < 4.78 is 40.3. The van der Waals surface area contributed by atoms with Crippen molar-refractivity contribution in [3.63, 3.8) is 0 Å². The summed E-state index contributed by atoms with van der Waals surface area (Å²) in [6, 6.07) is 13.6. The number of hydrogen-bond donors (Lipinski definition) is 1. The minimum Gasteiger partial charge on any atom is -0.353 e. The van der Waals surface area contributed by atoms with Gasteiger partial charge >= 0.3 is 0 Å². The van der Waals surface area contributed by atoms with Crippen LogP contribution in [0.25, 0.3) is 0 Å². The summed E-state index contributed by atoms with van der Waals surface area (Å²) in [5.41, 5.74) is 0.762. The molecule has 0 radical (unpaired) electrons. The summed E-state index contributed by atoms with van der Waals surface area (Å²) in [6.45, 7) is 3.65. The van der Waals surface area contributed by atoms with Crippen LogP contribution in [0.4, 0.5) is 4.39 Å². The van der Waals surface area contributed by atoms with Crippen molar-refractivity contribution < 1.29 is 17.6 Å². The van der Waals surface area contributed by atoms with Gasteiger partial charge in [-0.05, 0) is 43.2 Å². The molecule has 5 nitrogen and oxygen atoms in total. The lowest BCUT2D eigenvalue weighted by molar-refractivity contribution is -0.122. The third-order valence-corrected chi connectivity index (χ3v) is 5.91. The molecule has 1 unspecified atom stereocenters. The number of carbonyl (C=O) groups excluding carboxylic acids is 1. The number of sulfonamides is 1. The number of halogens is 1. The molecule has 1 N–H and O–H groups in total. The third kappa shape index (κ3) is 6.15. The Morgan fingerprint density at radius 1 is 1.11 bits per heavy atom. The second-order valence-corrected chi connectivity index (χ2v) is 8.41. The molecular formula is C20H25FN2O3S. The van der Waals surface area contributed by atoms with E-state index in [0.717, 1.165) is 34.8 Å².